The number of aromatic nitrogens is 2. The van der Waals surface area contributed by atoms with E-state index in [9.17, 15) is 4.39 Å². The van der Waals surface area contributed by atoms with E-state index in [-0.39, 0.29) is 5.82 Å². The van der Waals surface area contributed by atoms with E-state index in [0.717, 1.165) is 0 Å². The Morgan fingerprint density at radius 3 is 2.81 bits per heavy atom. The van der Waals surface area contributed by atoms with Crippen LogP contribution >= 0.6 is 15.9 Å². The number of hydrogen-bond acceptors (Lipinski definition) is 2. The minimum Gasteiger partial charge on any atom is -0.396 e. The lowest BCUT2D eigenvalue weighted by Crippen LogP contribution is -1.94. The molecular formula is C11H11BrFN3. The van der Waals surface area contributed by atoms with E-state index in [2.05, 4.69) is 21.0 Å². The summed E-state index contributed by atoms with van der Waals surface area (Å²) in [7, 11) is 0. The summed E-state index contributed by atoms with van der Waals surface area (Å²) in [6, 6.07) is 4.83. The molecular weight excluding hydrogens is 273 g/mol. The van der Waals surface area contributed by atoms with Gasteiger partial charge in [0, 0.05) is 22.8 Å². The summed E-state index contributed by atoms with van der Waals surface area (Å²) in [6.45, 7) is 2.66. The second-order valence-corrected chi connectivity index (χ2v) is 4.33. The van der Waals surface area contributed by atoms with Crippen LogP contribution in [0.5, 0.6) is 0 Å². The van der Waals surface area contributed by atoms with E-state index >= 15 is 0 Å². The van der Waals surface area contributed by atoms with Gasteiger partial charge in [0.05, 0.1) is 5.69 Å². The van der Waals surface area contributed by atoms with Crippen molar-refractivity contribution in [1.29, 1.82) is 0 Å². The Morgan fingerprint density at radius 2 is 2.25 bits per heavy atom. The highest BCUT2D eigenvalue weighted by Gasteiger charge is 2.12. The number of anilines is 1. The molecule has 2 aromatic rings. The van der Waals surface area contributed by atoms with Gasteiger partial charge in [0.15, 0.2) is 0 Å². The van der Waals surface area contributed by atoms with Crippen LogP contribution in [0.3, 0.4) is 0 Å². The van der Waals surface area contributed by atoms with Gasteiger partial charge < -0.3 is 5.73 Å². The van der Waals surface area contributed by atoms with Crippen molar-refractivity contribution in [3.05, 3.63) is 34.7 Å². The van der Waals surface area contributed by atoms with E-state index in [1.807, 2.05) is 6.92 Å². The highest BCUT2D eigenvalue weighted by molar-refractivity contribution is 9.10. The van der Waals surface area contributed by atoms with Crippen LogP contribution in [-0.2, 0) is 6.54 Å². The standard InChI is InChI=1S/C11H11BrFN3/c1-2-16-6-10(14)11(15-16)8-4-3-7(12)5-9(8)13/h3-6H,2,14H2,1H3. The monoisotopic (exact) mass is 283 g/mol. The zero-order chi connectivity index (χ0) is 11.7. The number of nitrogens with zero attached hydrogens (tertiary/aromatic N) is 2. The predicted molar refractivity (Wildman–Crippen MR) is 65.4 cm³/mol. The Bertz CT molecular complexity index is 522. The van der Waals surface area contributed by atoms with Crippen molar-refractivity contribution in [3.63, 3.8) is 0 Å². The van der Waals surface area contributed by atoms with E-state index in [1.165, 1.54) is 6.07 Å². The highest BCUT2D eigenvalue weighted by Crippen LogP contribution is 2.28. The summed E-state index contributed by atoms with van der Waals surface area (Å²) in [4.78, 5) is 0. The van der Waals surface area contributed by atoms with Crippen LogP contribution < -0.4 is 5.73 Å². The van der Waals surface area contributed by atoms with Gasteiger partial charge in [0.1, 0.15) is 11.5 Å². The fraction of sp³-hybridized carbons (Fsp3) is 0.182. The Hall–Kier alpha value is -1.36. The molecule has 0 aliphatic rings. The topological polar surface area (TPSA) is 43.8 Å². The van der Waals surface area contributed by atoms with Crippen LogP contribution in [0.4, 0.5) is 10.1 Å². The van der Waals surface area contributed by atoms with E-state index in [1.54, 1.807) is 23.0 Å². The van der Waals surface area contributed by atoms with E-state index < -0.39 is 0 Å². The van der Waals surface area contributed by atoms with Crippen molar-refractivity contribution in [2.24, 2.45) is 0 Å². The minimum atomic E-state index is -0.331. The third-order valence-corrected chi connectivity index (χ3v) is 2.79. The number of nitrogens with two attached hydrogens (primary N) is 1. The number of benzene rings is 1. The summed E-state index contributed by atoms with van der Waals surface area (Å²) in [5.74, 6) is -0.331. The number of nitrogen functional groups attached to an aromatic ring is 1. The smallest absolute Gasteiger partial charge is 0.133 e. The Morgan fingerprint density at radius 1 is 1.50 bits per heavy atom. The second-order valence-electron chi connectivity index (χ2n) is 3.41. The third-order valence-electron chi connectivity index (χ3n) is 2.30. The quantitative estimate of drug-likeness (QED) is 0.921. The van der Waals surface area contributed by atoms with Crippen molar-refractivity contribution >= 4 is 21.6 Å². The van der Waals surface area contributed by atoms with E-state index in [0.29, 0.717) is 28.0 Å². The summed E-state index contributed by atoms with van der Waals surface area (Å²) >= 11 is 3.21. The molecule has 0 aliphatic heterocycles. The van der Waals surface area contributed by atoms with Crippen molar-refractivity contribution in [2.75, 3.05) is 5.73 Å². The number of rotatable bonds is 2. The molecule has 84 valence electrons. The van der Waals surface area contributed by atoms with Crippen molar-refractivity contribution in [2.45, 2.75) is 13.5 Å². The molecule has 1 aromatic heterocycles. The summed E-state index contributed by atoms with van der Waals surface area (Å²) in [5.41, 5.74) is 7.20. The fourth-order valence-electron chi connectivity index (χ4n) is 1.49. The summed E-state index contributed by atoms with van der Waals surface area (Å²) in [6.07, 6.45) is 1.71. The van der Waals surface area contributed by atoms with Gasteiger partial charge >= 0.3 is 0 Å². The summed E-state index contributed by atoms with van der Waals surface area (Å²) < 4.78 is 16.1. The summed E-state index contributed by atoms with van der Waals surface area (Å²) in [5, 5.41) is 4.23. The lowest BCUT2D eigenvalue weighted by Gasteiger charge is -2.01. The first kappa shape index (κ1) is 11.1. The molecule has 2 N–H and O–H groups in total. The zero-order valence-corrected chi connectivity index (χ0v) is 10.3. The highest BCUT2D eigenvalue weighted by atomic mass is 79.9. The molecule has 5 heteroatoms. The van der Waals surface area contributed by atoms with Crippen LogP contribution in [0, 0.1) is 5.82 Å². The molecule has 0 unspecified atom stereocenters. The SMILES string of the molecule is CCn1cc(N)c(-c2ccc(Br)cc2F)n1. The van der Waals surface area contributed by atoms with E-state index in [4.69, 9.17) is 5.73 Å². The molecule has 0 saturated carbocycles. The maximum Gasteiger partial charge on any atom is 0.133 e. The van der Waals surface area contributed by atoms with Gasteiger partial charge in [0.2, 0.25) is 0 Å². The van der Waals surface area contributed by atoms with Crippen LogP contribution in [0.1, 0.15) is 6.92 Å². The molecule has 0 aliphatic carbocycles. The minimum absolute atomic E-state index is 0.331. The molecule has 0 spiro atoms. The largest absolute Gasteiger partial charge is 0.396 e. The Labute approximate surface area is 101 Å². The fourth-order valence-corrected chi connectivity index (χ4v) is 1.82. The van der Waals surface area contributed by atoms with Crippen LogP contribution in [0.2, 0.25) is 0 Å². The first-order chi connectivity index (χ1) is 7.61. The molecule has 1 aromatic carbocycles. The number of halogens is 2. The average molecular weight is 284 g/mol. The molecule has 3 nitrogen and oxygen atoms in total. The second kappa shape index (κ2) is 4.25. The van der Waals surface area contributed by atoms with Crippen LogP contribution in [0.15, 0.2) is 28.9 Å². The maximum atomic E-state index is 13.7. The lowest BCUT2D eigenvalue weighted by molar-refractivity contribution is 0.626. The Balaban J connectivity index is 2.53. The molecule has 2 rings (SSSR count). The van der Waals surface area contributed by atoms with Gasteiger partial charge in [0.25, 0.3) is 0 Å². The first-order valence-corrected chi connectivity index (χ1v) is 5.69. The molecule has 0 saturated heterocycles. The maximum absolute atomic E-state index is 13.7. The van der Waals surface area contributed by atoms with Gasteiger partial charge in [-0.25, -0.2) is 4.39 Å². The van der Waals surface area contributed by atoms with Gasteiger partial charge in [-0.2, -0.15) is 5.10 Å². The molecule has 0 radical (unpaired) electrons. The van der Waals surface area contributed by atoms with Crippen LogP contribution in [0.25, 0.3) is 11.3 Å². The predicted octanol–water partition coefficient (Wildman–Crippen LogP) is 3.05. The lowest BCUT2D eigenvalue weighted by atomic mass is 10.1. The normalized spacial score (nSPS) is 10.7. The average Bonchev–Trinajstić information content (AvgIpc) is 2.60. The van der Waals surface area contributed by atoms with Gasteiger partial charge in [-0.05, 0) is 25.1 Å². The molecule has 1 heterocycles. The van der Waals surface area contributed by atoms with Crippen molar-refractivity contribution < 1.29 is 4.39 Å². The van der Waals surface area contributed by atoms with Gasteiger partial charge in [-0.1, -0.05) is 15.9 Å². The van der Waals surface area contributed by atoms with Crippen molar-refractivity contribution in [3.8, 4) is 11.3 Å². The molecule has 0 amide bonds. The Kier molecular flexibility index (Phi) is 2.96. The molecule has 0 fully saturated rings. The molecule has 0 bridgehead atoms. The van der Waals surface area contributed by atoms with Gasteiger partial charge in [-0.3, -0.25) is 4.68 Å². The van der Waals surface area contributed by atoms with Crippen LogP contribution in [-0.4, -0.2) is 9.78 Å². The number of aryl methyl sites for hydroxylation is 1. The first-order valence-electron chi connectivity index (χ1n) is 4.90. The van der Waals surface area contributed by atoms with Crippen molar-refractivity contribution in [1.82, 2.24) is 9.78 Å². The number of hydrogen-bond donors (Lipinski definition) is 1. The molecule has 0 atom stereocenters. The zero-order valence-electron chi connectivity index (χ0n) is 8.74. The molecule has 16 heavy (non-hydrogen) atoms. The third kappa shape index (κ3) is 1.95. The van der Waals surface area contributed by atoms with Gasteiger partial charge in [-0.15, -0.1) is 0 Å².